The normalized spacial score (nSPS) is 13.9. The molecule has 21 heavy (non-hydrogen) atoms. The van der Waals surface area contributed by atoms with Gasteiger partial charge in [0.05, 0.1) is 10.7 Å². The van der Waals surface area contributed by atoms with Crippen LogP contribution in [0.5, 0.6) is 0 Å². The van der Waals surface area contributed by atoms with Gasteiger partial charge in [0.1, 0.15) is 0 Å². The molecule has 0 saturated heterocycles. The highest BCUT2D eigenvalue weighted by Crippen LogP contribution is 2.32. The SMILES string of the molecule is CCN(CC)CCCNC(C)c1sc(C(C)(C)C)nc1C. The van der Waals surface area contributed by atoms with Crippen LogP contribution in [0.1, 0.15) is 69.6 Å². The molecule has 1 rings (SSSR count). The van der Waals surface area contributed by atoms with Gasteiger partial charge in [-0.2, -0.15) is 0 Å². The number of aryl methyl sites for hydroxylation is 1. The van der Waals surface area contributed by atoms with E-state index in [9.17, 15) is 0 Å². The summed E-state index contributed by atoms with van der Waals surface area (Å²) in [5.41, 5.74) is 1.34. The molecule has 0 aromatic carbocycles. The Kier molecular flexibility index (Phi) is 7.31. The van der Waals surface area contributed by atoms with E-state index in [1.54, 1.807) is 0 Å². The molecule has 4 heteroatoms. The number of hydrogen-bond donors (Lipinski definition) is 1. The van der Waals surface area contributed by atoms with Crippen LogP contribution in [-0.4, -0.2) is 36.1 Å². The second-order valence-electron chi connectivity index (χ2n) is 6.77. The Morgan fingerprint density at radius 3 is 2.33 bits per heavy atom. The van der Waals surface area contributed by atoms with Crippen molar-refractivity contribution in [3.8, 4) is 0 Å². The van der Waals surface area contributed by atoms with Gasteiger partial charge in [0.15, 0.2) is 0 Å². The summed E-state index contributed by atoms with van der Waals surface area (Å²) < 4.78 is 0. The molecule has 1 aromatic rings. The van der Waals surface area contributed by atoms with Crippen molar-refractivity contribution in [2.45, 2.75) is 66.3 Å². The summed E-state index contributed by atoms with van der Waals surface area (Å²) in [7, 11) is 0. The lowest BCUT2D eigenvalue weighted by Gasteiger charge is -2.19. The Labute approximate surface area is 135 Å². The van der Waals surface area contributed by atoms with Crippen LogP contribution in [0.15, 0.2) is 0 Å². The minimum atomic E-state index is 0.149. The van der Waals surface area contributed by atoms with E-state index in [2.05, 4.69) is 58.7 Å². The van der Waals surface area contributed by atoms with E-state index in [0.29, 0.717) is 6.04 Å². The second-order valence-corrected chi connectivity index (χ2v) is 7.81. The maximum absolute atomic E-state index is 4.76. The molecule has 1 heterocycles. The number of rotatable bonds is 8. The van der Waals surface area contributed by atoms with E-state index in [1.807, 2.05) is 11.3 Å². The van der Waals surface area contributed by atoms with Gasteiger partial charge in [-0.15, -0.1) is 11.3 Å². The number of nitrogens with one attached hydrogen (secondary N) is 1. The number of thiazole rings is 1. The summed E-state index contributed by atoms with van der Waals surface area (Å²) in [6.45, 7) is 20.1. The standard InChI is InChI=1S/C17H33N3S/c1-8-20(9-2)12-10-11-18-13(3)15-14(4)19-16(21-15)17(5,6)7/h13,18H,8-12H2,1-7H3. The maximum atomic E-state index is 4.76. The highest BCUT2D eigenvalue weighted by molar-refractivity contribution is 7.12. The Balaban J connectivity index is 2.49. The van der Waals surface area contributed by atoms with Gasteiger partial charge in [-0.3, -0.25) is 0 Å². The predicted molar refractivity (Wildman–Crippen MR) is 94.4 cm³/mol. The van der Waals surface area contributed by atoms with E-state index < -0.39 is 0 Å². The van der Waals surface area contributed by atoms with Crippen LogP contribution in [0.3, 0.4) is 0 Å². The molecule has 122 valence electrons. The van der Waals surface area contributed by atoms with Crippen molar-refractivity contribution >= 4 is 11.3 Å². The van der Waals surface area contributed by atoms with E-state index in [0.717, 1.165) is 19.6 Å². The first-order valence-corrected chi connectivity index (χ1v) is 9.04. The van der Waals surface area contributed by atoms with Crippen LogP contribution in [0.25, 0.3) is 0 Å². The molecule has 0 aliphatic heterocycles. The lowest BCUT2D eigenvalue weighted by molar-refractivity contribution is 0.296. The molecular formula is C17H33N3S. The average Bonchev–Trinajstić information content (AvgIpc) is 2.81. The molecule has 3 nitrogen and oxygen atoms in total. The molecule has 1 unspecified atom stereocenters. The van der Waals surface area contributed by atoms with Crippen LogP contribution >= 0.6 is 11.3 Å². The zero-order chi connectivity index (χ0) is 16.0. The molecule has 0 fully saturated rings. The van der Waals surface area contributed by atoms with E-state index in [1.165, 1.54) is 28.5 Å². The molecule has 0 amide bonds. The van der Waals surface area contributed by atoms with Gasteiger partial charge in [0.25, 0.3) is 0 Å². The van der Waals surface area contributed by atoms with Gasteiger partial charge >= 0.3 is 0 Å². The Bertz CT molecular complexity index is 416. The van der Waals surface area contributed by atoms with Crippen molar-refractivity contribution in [2.24, 2.45) is 0 Å². The Morgan fingerprint density at radius 2 is 1.86 bits per heavy atom. The zero-order valence-corrected chi connectivity index (χ0v) is 15.7. The first kappa shape index (κ1) is 18.6. The lowest BCUT2D eigenvalue weighted by atomic mass is 9.98. The van der Waals surface area contributed by atoms with Crippen LogP contribution in [0.4, 0.5) is 0 Å². The minimum absolute atomic E-state index is 0.149. The van der Waals surface area contributed by atoms with Gasteiger partial charge in [-0.1, -0.05) is 34.6 Å². The summed E-state index contributed by atoms with van der Waals surface area (Å²) in [5, 5.41) is 4.89. The minimum Gasteiger partial charge on any atom is -0.309 e. The third-order valence-corrected chi connectivity index (χ3v) is 5.63. The summed E-state index contributed by atoms with van der Waals surface area (Å²) in [6, 6.07) is 0.398. The molecule has 1 aromatic heterocycles. The fourth-order valence-electron chi connectivity index (χ4n) is 2.38. The highest BCUT2D eigenvalue weighted by atomic mass is 32.1. The topological polar surface area (TPSA) is 28.2 Å². The summed E-state index contributed by atoms with van der Waals surface area (Å²) in [6.07, 6.45) is 1.20. The summed E-state index contributed by atoms with van der Waals surface area (Å²) in [5.74, 6) is 0. The average molecular weight is 312 g/mol. The van der Waals surface area contributed by atoms with Crippen molar-refractivity contribution in [3.63, 3.8) is 0 Å². The third-order valence-electron chi connectivity index (χ3n) is 3.86. The fourth-order valence-corrected chi connectivity index (χ4v) is 3.54. The van der Waals surface area contributed by atoms with E-state index >= 15 is 0 Å². The second kappa shape index (κ2) is 8.25. The quantitative estimate of drug-likeness (QED) is 0.732. The maximum Gasteiger partial charge on any atom is 0.0985 e. The molecule has 0 bridgehead atoms. The van der Waals surface area contributed by atoms with Gasteiger partial charge < -0.3 is 10.2 Å². The van der Waals surface area contributed by atoms with Gasteiger partial charge in [-0.05, 0) is 46.4 Å². The summed E-state index contributed by atoms with van der Waals surface area (Å²) >= 11 is 1.86. The predicted octanol–water partition coefficient (Wildman–Crippen LogP) is 4.13. The van der Waals surface area contributed by atoms with Crippen molar-refractivity contribution in [3.05, 3.63) is 15.6 Å². The fraction of sp³-hybridized carbons (Fsp3) is 0.824. The molecule has 0 spiro atoms. The van der Waals surface area contributed by atoms with Crippen LogP contribution in [0, 0.1) is 6.92 Å². The molecule has 1 N–H and O–H groups in total. The van der Waals surface area contributed by atoms with Gasteiger partial charge in [0, 0.05) is 16.3 Å². The Hall–Kier alpha value is -0.450. The zero-order valence-electron chi connectivity index (χ0n) is 14.9. The number of nitrogens with zero attached hydrogens (tertiary/aromatic N) is 2. The van der Waals surface area contributed by atoms with Gasteiger partial charge in [0.2, 0.25) is 0 Å². The highest BCUT2D eigenvalue weighted by Gasteiger charge is 2.22. The first-order chi connectivity index (χ1) is 9.79. The Morgan fingerprint density at radius 1 is 1.24 bits per heavy atom. The van der Waals surface area contributed by atoms with Crippen molar-refractivity contribution in [1.29, 1.82) is 0 Å². The van der Waals surface area contributed by atoms with Crippen LogP contribution < -0.4 is 5.32 Å². The van der Waals surface area contributed by atoms with Crippen molar-refractivity contribution < 1.29 is 0 Å². The van der Waals surface area contributed by atoms with Crippen LogP contribution in [0.2, 0.25) is 0 Å². The molecule has 1 atom stereocenters. The van der Waals surface area contributed by atoms with E-state index in [4.69, 9.17) is 4.98 Å². The molecule has 0 aliphatic rings. The van der Waals surface area contributed by atoms with Gasteiger partial charge in [-0.25, -0.2) is 4.98 Å². The monoisotopic (exact) mass is 311 g/mol. The molecule has 0 saturated carbocycles. The van der Waals surface area contributed by atoms with Crippen molar-refractivity contribution in [2.75, 3.05) is 26.2 Å². The number of aromatic nitrogens is 1. The third kappa shape index (κ3) is 5.68. The molecule has 0 aliphatic carbocycles. The summed E-state index contributed by atoms with van der Waals surface area (Å²) in [4.78, 5) is 8.62. The first-order valence-electron chi connectivity index (χ1n) is 8.23. The molecular weight excluding hydrogens is 278 g/mol. The smallest absolute Gasteiger partial charge is 0.0985 e. The lowest BCUT2D eigenvalue weighted by Crippen LogP contribution is -2.28. The van der Waals surface area contributed by atoms with Crippen molar-refractivity contribution in [1.82, 2.24) is 15.2 Å². The van der Waals surface area contributed by atoms with E-state index in [-0.39, 0.29) is 5.41 Å². The molecule has 0 radical (unpaired) electrons. The largest absolute Gasteiger partial charge is 0.309 e. The number of hydrogen-bond acceptors (Lipinski definition) is 4. The van der Waals surface area contributed by atoms with Crippen LogP contribution in [-0.2, 0) is 5.41 Å².